The van der Waals surface area contributed by atoms with Crippen LogP contribution in [0, 0.1) is 0 Å². The Hall–Kier alpha value is -3.08. The molecule has 1 N–H and O–H groups in total. The zero-order chi connectivity index (χ0) is 18.7. The van der Waals surface area contributed by atoms with Gasteiger partial charge < -0.3 is 14.8 Å². The van der Waals surface area contributed by atoms with Crippen LogP contribution >= 0.6 is 0 Å². The van der Waals surface area contributed by atoms with E-state index in [1.165, 1.54) is 0 Å². The lowest BCUT2D eigenvalue weighted by Gasteiger charge is -2.22. The summed E-state index contributed by atoms with van der Waals surface area (Å²) in [6.07, 6.45) is 5.15. The number of fused-ring (bicyclic) bond motifs is 1. The molecule has 5 nitrogen and oxygen atoms in total. The molecule has 1 amide bonds. The number of aromatic amines is 1. The van der Waals surface area contributed by atoms with Crippen molar-refractivity contribution in [1.82, 2.24) is 14.9 Å². The zero-order valence-corrected chi connectivity index (χ0v) is 15.6. The number of anilines is 1. The maximum absolute atomic E-state index is 12.5. The second-order valence-electron chi connectivity index (χ2n) is 6.61. The number of H-pyrrole nitrogens is 1. The summed E-state index contributed by atoms with van der Waals surface area (Å²) in [6.45, 7) is 2.02. The van der Waals surface area contributed by atoms with E-state index in [-0.39, 0.29) is 11.9 Å². The molecule has 0 bridgehead atoms. The van der Waals surface area contributed by atoms with Crippen LogP contribution in [0.1, 0.15) is 24.2 Å². The van der Waals surface area contributed by atoms with Crippen molar-refractivity contribution in [1.29, 1.82) is 0 Å². The number of nitrogens with zero attached hydrogens (tertiary/aromatic N) is 3. The molecule has 26 heavy (non-hydrogen) atoms. The van der Waals surface area contributed by atoms with Crippen LogP contribution in [0.25, 0.3) is 17.0 Å². The number of nitrogens with one attached hydrogen (secondary N) is 1. The van der Waals surface area contributed by atoms with Gasteiger partial charge in [-0.1, -0.05) is 18.2 Å². The first-order valence-corrected chi connectivity index (χ1v) is 8.61. The van der Waals surface area contributed by atoms with Gasteiger partial charge in [0.1, 0.15) is 5.82 Å². The highest BCUT2D eigenvalue weighted by atomic mass is 16.2. The van der Waals surface area contributed by atoms with Crippen molar-refractivity contribution < 1.29 is 4.79 Å². The lowest BCUT2D eigenvalue weighted by molar-refractivity contribution is -0.126. The van der Waals surface area contributed by atoms with Crippen LogP contribution in [-0.2, 0) is 4.79 Å². The number of amides is 1. The molecule has 0 aliphatic heterocycles. The number of para-hydroxylation sites is 1. The maximum atomic E-state index is 12.5. The minimum Gasteiger partial charge on any atom is -0.363 e. The van der Waals surface area contributed by atoms with Gasteiger partial charge in [0.25, 0.3) is 0 Å². The molecule has 0 saturated heterocycles. The van der Waals surface area contributed by atoms with Crippen molar-refractivity contribution in [2.75, 3.05) is 26.0 Å². The van der Waals surface area contributed by atoms with Crippen LogP contribution in [0.2, 0.25) is 0 Å². The molecule has 3 rings (SSSR count). The van der Waals surface area contributed by atoms with Crippen molar-refractivity contribution in [2.45, 2.75) is 13.0 Å². The van der Waals surface area contributed by atoms with Crippen LogP contribution in [0.3, 0.4) is 0 Å². The van der Waals surface area contributed by atoms with Gasteiger partial charge in [-0.15, -0.1) is 0 Å². The molecular formula is C21H24N4O. The lowest BCUT2D eigenvalue weighted by atomic mass is 10.2. The van der Waals surface area contributed by atoms with Gasteiger partial charge in [0, 0.05) is 44.6 Å². The van der Waals surface area contributed by atoms with E-state index in [2.05, 4.69) is 22.1 Å². The van der Waals surface area contributed by atoms with Gasteiger partial charge in [0.2, 0.25) is 5.91 Å². The molecule has 0 spiro atoms. The Balaban J connectivity index is 1.70. The standard InChI is InChI=1S/C21H24N4O/c1-15(19-13-17-7-5-6-8-18(17)23-19)25(4)21(26)12-10-16-9-11-20(22-14-16)24(2)3/h5-15,23H,1-4H3/b12-10+. The fraction of sp³-hybridized carbons (Fsp3) is 0.238. The summed E-state index contributed by atoms with van der Waals surface area (Å²) >= 11 is 0. The number of rotatable bonds is 5. The van der Waals surface area contributed by atoms with Crippen molar-refractivity contribution >= 4 is 28.7 Å². The molecule has 1 atom stereocenters. The molecular weight excluding hydrogens is 324 g/mol. The van der Waals surface area contributed by atoms with Crippen LogP contribution in [0.5, 0.6) is 0 Å². The third-order valence-corrected chi connectivity index (χ3v) is 4.58. The number of carbonyl (C=O) groups excluding carboxylic acids is 1. The number of hydrogen-bond donors (Lipinski definition) is 1. The quantitative estimate of drug-likeness (QED) is 0.712. The Kier molecular flexibility index (Phi) is 5.07. The van der Waals surface area contributed by atoms with E-state index in [9.17, 15) is 4.79 Å². The summed E-state index contributed by atoms with van der Waals surface area (Å²) in [5.41, 5.74) is 3.00. The smallest absolute Gasteiger partial charge is 0.246 e. The van der Waals surface area contributed by atoms with Crippen LogP contribution < -0.4 is 4.90 Å². The topological polar surface area (TPSA) is 52.2 Å². The van der Waals surface area contributed by atoms with Gasteiger partial charge in [-0.2, -0.15) is 0 Å². The van der Waals surface area contributed by atoms with Crippen molar-refractivity contribution in [3.05, 3.63) is 66.0 Å². The Bertz CT molecular complexity index is 892. The molecule has 1 aromatic carbocycles. The van der Waals surface area contributed by atoms with Crippen LogP contribution in [0.4, 0.5) is 5.82 Å². The number of benzene rings is 1. The first-order valence-electron chi connectivity index (χ1n) is 8.61. The maximum Gasteiger partial charge on any atom is 0.246 e. The van der Waals surface area contributed by atoms with Crippen molar-refractivity contribution in [3.8, 4) is 0 Å². The van der Waals surface area contributed by atoms with Gasteiger partial charge >= 0.3 is 0 Å². The molecule has 0 saturated carbocycles. The number of hydrogen-bond acceptors (Lipinski definition) is 3. The highest BCUT2D eigenvalue weighted by Crippen LogP contribution is 2.23. The Morgan fingerprint density at radius 2 is 1.92 bits per heavy atom. The van der Waals surface area contributed by atoms with Crippen molar-refractivity contribution in [3.63, 3.8) is 0 Å². The number of aromatic nitrogens is 2. The number of likely N-dealkylation sites (N-methyl/N-ethyl adjacent to an activating group) is 1. The predicted octanol–water partition coefficient (Wildman–Crippen LogP) is 3.86. The molecule has 5 heteroatoms. The van der Waals surface area contributed by atoms with Gasteiger partial charge in [0.05, 0.1) is 6.04 Å². The largest absolute Gasteiger partial charge is 0.363 e. The monoisotopic (exact) mass is 348 g/mol. The zero-order valence-electron chi connectivity index (χ0n) is 15.6. The van der Waals surface area contributed by atoms with E-state index in [0.29, 0.717) is 0 Å². The molecule has 0 aliphatic carbocycles. The SMILES string of the molecule is CC(c1cc2ccccc2[nH]1)N(C)C(=O)/C=C/c1ccc(N(C)C)nc1. The molecule has 2 aromatic heterocycles. The third kappa shape index (κ3) is 3.77. The molecule has 0 fully saturated rings. The minimum absolute atomic E-state index is 0.0474. The number of pyridine rings is 1. The molecule has 0 aliphatic rings. The summed E-state index contributed by atoms with van der Waals surface area (Å²) in [7, 11) is 5.71. The molecule has 134 valence electrons. The highest BCUT2D eigenvalue weighted by molar-refractivity contribution is 5.92. The molecule has 1 unspecified atom stereocenters. The highest BCUT2D eigenvalue weighted by Gasteiger charge is 2.17. The van der Waals surface area contributed by atoms with E-state index < -0.39 is 0 Å². The van der Waals surface area contributed by atoms with Crippen molar-refractivity contribution in [2.24, 2.45) is 0 Å². The lowest BCUT2D eigenvalue weighted by Crippen LogP contribution is -2.28. The molecule has 2 heterocycles. The molecule has 3 aromatic rings. The summed E-state index contributed by atoms with van der Waals surface area (Å²) in [5, 5.41) is 1.15. The van der Waals surface area contributed by atoms with E-state index in [4.69, 9.17) is 0 Å². The van der Waals surface area contributed by atoms with E-state index >= 15 is 0 Å². The fourth-order valence-corrected chi connectivity index (χ4v) is 2.77. The van der Waals surface area contributed by atoms with Crippen LogP contribution in [0.15, 0.2) is 54.7 Å². The van der Waals surface area contributed by atoms with Gasteiger partial charge in [-0.25, -0.2) is 4.98 Å². The average molecular weight is 348 g/mol. The summed E-state index contributed by atoms with van der Waals surface area (Å²) in [5.74, 6) is 0.839. The third-order valence-electron chi connectivity index (χ3n) is 4.58. The second kappa shape index (κ2) is 7.44. The van der Waals surface area contributed by atoms with Gasteiger partial charge in [-0.05, 0) is 48.2 Å². The Morgan fingerprint density at radius 3 is 2.58 bits per heavy atom. The minimum atomic E-state index is -0.0483. The summed E-state index contributed by atoms with van der Waals surface area (Å²) < 4.78 is 0. The molecule has 0 radical (unpaired) electrons. The first kappa shape index (κ1) is 17.7. The first-order chi connectivity index (χ1) is 12.5. The Morgan fingerprint density at radius 1 is 1.15 bits per heavy atom. The average Bonchev–Trinajstić information content (AvgIpc) is 3.09. The number of carbonyl (C=O) groups is 1. The van der Waals surface area contributed by atoms with Crippen LogP contribution in [-0.4, -0.2) is 41.9 Å². The van der Waals surface area contributed by atoms with E-state index in [1.54, 1.807) is 23.2 Å². The Labute approximate surface area is 154 Å². The van der Waals surface area contributed by atoms with Gasteiger partial charge in [0.15, 0.2) is 0 Å². The van der Waals surface area contributed by atoms with E-state index in [0.717, 1.165) is 28.0 Å². The fourth-order valence-electron chi connectivity index (χ4n) is 2.77. The summed E-state index contributed by atoms with van der Waals surface area (Å²) in [4.78, 5) is 23.9. The van der Waals surface area contributed by atoms with Gasteiger partial charge in [-0.3, -0.25) is 4.79 Å². The predicted molar refractivity (Wildman–Crippen MR) is 107 cm³/mol. The summed E-state index contributed by atoms with van der Waals surface area (Å²) in [6, 6.07) is 14.0. The van der Waals surface area contributed by atoms with E-state index in [1.807, 2.05) is 63.3 Å². The normalized spacial score (nSPS) is 12.5. The second-order valence-corrected chi connectivity index (χ2v) is 6.61.